The van der Waals surface area contributed by atoms with Crippen molar-refractivity contribution in [3.05, 3.63) is 46.1 Å². The van der Waals surface area contributed by atoms with Crippen molar-refractivity contribution in [2.75, 3.05) is 0 Å². The number of nitrogens with one attached hydrogen (secondary N) is 1. The highest BCUT2D eigenvalue weighted by Gasteiger charge is 2.07. The zero-order valence-electron chi connectivity index (χ0n) is 8.62. The summed E-state index contributed by atoms with van der Waals surface area (Å²) >= 11 is 0. The van der Waals surface area contributed by atoms with Crippen LogP contribution in [0.4, 0.5) is 4.39 Å². The zero-order valence-corrected chi connectivity index (χ0v) is 9.77. The Morgan fingerprint density at radius 3 is 2.56 bits per heavy atom. The lowest BCUT2D eigenvalue weighted by atomic mass is 10.1. The van der Waals surface area contributed by atoms with Gasteiger partial charge in [-0.2, -0.15) is 4.98 Å². The Bertz CT molecular complexity index is 578. The van der Waals surface area contributed by atoms with Crippen LogP contribution in [-0.4, -0.2) is 9.97 Å². The molecule has 0 aliphatic heterocycles. The summed E-state index contributed by atoms with van der Waals surface area (Å²) in [5.41, 5.74) is 2.49. The monoisotopic (exact) mass is 236 g/mol. The summed E-state index contributed by atoms with van der Waals surface area (Å²) < 4.78 is 12.8. The van der Waals surface area contributed by atoms with Crippen LogP contribution in [0, 0.1) is 12.7 Å². The van der Waals surface area contributed by atoms with Gasteiger partial charge in [-0.25, -0.2) is 9.18 Å². The van der Waals surface area contributed by atoms with Gasteiger partial charge in [0.15, 0.2) is 0 Å². The van der Waals surface area contributed by atoms with E-state index in [1.807, 2.05) is 6.92 Å². The fourth-order valence-electron chi connectivity index (χ4n) is 1.46. The van der Waals surface area contributed by atoms with Gasteiger partial charge in [0.05, 0.1) is 11.1 Å². The van der Waals surface area contributed by atoms with E-state index in [2.05, 4.69) is 19.2 Å². The number of hydrogen-bond acceptors (Lipinski definition) is 2. The lowest BCUT2D eigenvalue weighted by Crippen LogP contribution is -2.21. The van der Waals surface area contributed by atoms with E-state index in [1.54, 1.807) is 12.1 Å². The Morgan fingerprint density at radius 2 is 1.94 bits per heavy atom. The number of benzene rings is 1. The SMILES string of the molecule is Cc1c(P)nc(=O)[nH]c1-c1ccc(F)cc1. The maximum atomic E-state index is 12.8. The van der Waals surface area contributed by atoms with Gasteiger partial charge in [-0.1, -0.05) is 9.24 Å². The smallest absolute Gasteiger partial charge is 0.305 e. The van der Waals surface area contributed by atoms with Gasteiger partial charge in [0.1, 0.15) is 5.82 Å². The van der Waals surface area contributed by atoms with Crippen LogP contribution in [0.2, 0.25) is 0 Å². The van der Waals surface area contributed by atoms with Crippen LogP contribution in [0.5, 0.6) is 0 Å². The first-order valence-electron chi connectivity index (χ1n) is 4.70. The summed E-state index contributed by atoms with van der Waals surface area (Å²) in [5.74, 6) is -0.302. The Morgan fingerprint density at radius 1 is 1.31 bits per heavy atom. The molecule has 82 valence electrons. The molecule has 1 unspecified atom stereocenters. The van der Waals surface area contributed by atoms with Gasteiger partial charge in [0.25, 0.3) is 0 Å². The van der Waals surface area contributed by atoms with Gasteiger partial charge < -0.3 is 4.98 Å². The van der Waals surface area contributed by atoms with E-state index in [4.69, 9.17) is 0 Å². The molecule has 1 aromatic carbocycles. The molecule has 0 saturated heterocycles. The molecule has 16 heavy (non-hydrogen) atoms. The molecule has 1 aromatic heterocycles. The number of rotatable bonds is 1. The van der Waals surface area contributed by atoms with E-state index in [1.165, 1.54) is 12.1 Å². The molecule has 1 N–H and O–H groups in total. The summed E-state index contributed by atoms with van der Waals surface area (Å²) in [6.45, 7) is 1.85. The van der Waals surface area contributed by atoms with Crippen molar-refractivity contribution in [2.24, 2.45) is 0 Å². The summed E-state index contributed by atoms with van der Waals surface area (Å²) in [6, 6.07) is 5.96. The molecule has 5 heteroatoms. The van der Waals surface area contributed by atoms with Gasteiger partial charge in [0.2, 0.25) is 0 Å². The summed E-state index contributed by atoms with van der Waals surface area (Å²) in [4.78, 5) is 17.7. The van der Waals surface area contributed by atoms with E-state index in [9.17, 15) is 9.18 Å². The van der Waals surface area contributed by atoms with Gasteiger partial charge >= 0.3 is 5.69 Å². The lowest BCUT2D eigenvalue weighted by molar-refractivity contribution is 0.628. The first-order valence-corrected chi connectivity index (χ1v) is 5.28. The Balaban J connectivity index is 2.64. The quantitative estimate of drug-likeness (QED) is 0.760. The fourth-order valence-corrected chi connectivity index (χ4v) is 1.72. The van der Waals surface area contributed by atoms with Crippen LogP contribution < -0.4 is 11.1 Å². The molecule has 2 aromatic rings. The Hall–Kier alpha value is -1.54. The molecule has 3 nitrogen and oxygen atoms in total. The third-order valence-electron chi connectivity index (χ3n) is 2.35. The highest BCUT2D eigenvalue weighted by atomic mass is 31.0. The highest BCUT2D eigenvalue weighted by Crippen LogP contribution is 2.19. The normalized spacial score (nSPS) is 10.4. The summed E-state index contributed by atoms with van der Waals surface area (Å²) in [7, 11) is 2.41. The third kappa shape index (κ3) is 2.02. The molecule has 0 aliphatic rings. The first kappa shape index (κ1) is 11.0. The van der Waals surface area contributed by atoms with E-state index in [0.29, 0.717) is 11.1 Å². The molecule has 2 rings (SSSR count). The Kier molecular flexibility index (Phi) is 2.84. The number of aromatic nitrogens is 2. The number of halogens is 1. The number of nitrogens with zero attached hydrogens (tertiary/aromatic N) is 1. The minimum Gasteiger partial charge on any atom is -0.305 e. The average Bonchev–Trinajstić information content (AvgIpc) is 2.25. The van der Waals surface area contributed by atoms with Crippen LogP contribution >= 0.6 is 9.24 Å². The van der Waals surface area contributed by atoms with Gasteiger partial charge in [-0.05, 0) is 42.3 Å². The molecular formula is C11H10FN2OP. The third-order valence-corrected chi connectivity index (χ3v) is 2.91. The largest absolute Gasteiger partial charge is 0.345 e. The number of aromatic amines is 1. The zero-order chi connectivity index (χ0) is 11.7. The second kappa shape index (κ2) is 4.14. The molecule has 0 radical (unpaired) electrons. The van der Waals surface area contributed by atoms with Gasteiger partial charge in [0, 0.05) is 0 Å². The molecular weight excluding hydrogens is 226 g/mol. The first-order chi connectivity index (χ1) is 7.58. The van der Waals surface area contributed by atoms with Crippen molar-refractivity contribution >= 4 is 14.7 Å². The second-order valence-corrected chi connectivity index (χ2v) is 3.98. The van der Waals surface area contributed by atoms with Crippen molar-refractivity contribution in [1.29, 1.82) is 0 Å². The van der Waals surface area contributed by atoms with E-state index < -0.39 is 5.69 Å². The van der Waals surface area contributed by atoms with E-state index in [-0.39, 0.29) is 5.82 Å². The van der Waals surface area contributed by atoms with Crippen LogP contribution in [0.1, 0.15) is 5.56 Å². The fraction of sp³-hybridized carbons (Fsp3) is 0.0909. The van der Waals surface area contributed by atoms with Crippen molar-refractivity contribution in [3.8, 4) is 11.3 Å². The van der Waals surface area contributed by atoms with Crippen molar-refractivity contribution in [2.45, 2.75) is 6.92 Å². The summed E-state index contributed by atoms with van der Waals surface area (Å²) in [6.07, 6.45) is 0. The average molecular weight is 236 g/mol. The van der Waals surface area contributed by atoms with Crippen LogP contribution in [0.15, 0.2) is 29.1 Å². The molecule has 1 atom stereocenters. The molecule has 0 aliphatic carbocycles. The maximum Gasteiger partial charge on any atom is 0.345 e. The minimum absolute atomic E-state index is 0.302. The van der Waals surface area contributed by atoms with E-state index in [0.717, 1.165) is 11.1 Å². The van der Waals surface area contributed by atoms with Crippen LogP contribution in [-0.2, 0) is 0 Å². The van der Waals surface area contributed by atoms with Crippen LogP contribution in [0.3, 0.4) is 0 Å². The summed E-state index contributed by atoms with van der Waals surface area (Å²) in [5, 5.41) is 0. The van der Waals surface area contributed by atoms with Crippen molar-refractivity contribution in [1.82, 2.24) is 9.97 Å². The minimum atomic E-state index is -0.407. The molecule has 0 spiro atoms. The second-order valence-electron chi connectivity index (χ2n) is 3.43. The number of H-pyrrole nitrogens is 1. The van der Waals surface area contributed by atoms with Gasteiger partial charge in [-0.15, -0.1) is 0 Å². The molecule has 0 saturated carbocycles. The van der Waals surface area contributed by atoms with Crippen LogP contribution in [0.25, 0.3) is 11.3 Å². The highest BCUT2D eigenvalue weighted by molar-refractivity contribution is 7.27. The molecule has 0 bridgehead atoms. The topological polar surface area (TPSA) is 45.8 Å². The van der Waals surface area contributed by atoms with E-state index >= 15 is 0 Å². The molecule has 1 heterocycles. The van der Waals surface area contributed by atoms with Crippen molar-refractivity contribution < 1.29 is 4.39 Å². The predicted octanol–water partition coefficient (Wildman–Crippen LogP) is 1.38. The molecule has 0 amide bonds. The standard InChI is InChI=1S/C11H10FN2OP/c1-6-9(13-11(15)14-10(6)16)7-2-4-8(12)5-3-7/h2-5H,16H2,1H3,(H,13,14,15). The Labute approximate surface area is 93.9 Å². The number of hydrogen-bond donors (Lipinski definition) is 1. The lowest BCUT2D eigenvalue weighted by Gasteiger charge is -2.07. The maximum absolute atomic E-state index is 12.8. The van der Waals surface area contributed by atoms with Gasteiger partial charge in [-0.3, -0.25) is 0 Å². The van der Waals surface area contributed by atoms with Crippen molar-refractivity contribution in [3.63, 3.8) is 0 Å². The molecule has 0 fully saturated rings. The predicted molar refractivity (Wildman–Crippen MR) is 64.3 cm³/mol.